The van der Waals surface area contributed by atoms with E-state index in [1.54, 1.807) is 6.33 Å². The van der Waals surface area contributed by atoms with Crippen molar-refractivity contribution < 1.29 is 0 Å². The molecule has 0 radical (unpaired) electrons. The highest BCUT2D eigenvalue weighted by atomic mass is 15.2. The number of benzene rings is 1. The predicted molar refractivity (Wildman–Crippen MR) is 69.2 cm³/mol. The maximum atomic E-state index is 4.49. The van der Waals surface area contributed by atoms with E-state index in [1.165, 1.54) is 5.39 Å². The van der Waals surface area contributed by atoms with E-state index in [0.717, 1.165) is 16.7 Å². The normalized spacial score (nSPS) is 12.4. The number of aromatic nitrogens is 3. The summed E-state index contributed by atoms with van der Waals surface area (Å²) in [6.07, 6.45) is 1.80. The average Bonchev–Trinajstić information content (AvgIpc) is 2.65. The smallest absolute Gasteiger partial charge is 0.117 e. The molecule has 0 unspecified atom stereocenters. The zero-order chi connectivity index (χ0) is 12.0. The summed E-state index contributed by atoms with van der Waals surface area (Å²) < 4.78 is 1.85. The summed E-state index contributed by atoms with van der Waals surface area (Å²) in [6, 6.07) is 10.3. The molecule has 2 heterocycles. The first kappa shape index (κ1) is 10.3. The van der Waals surface area contributed by atoms with Gasteiger partial charge in [-0.3, -0.25) is 0 Å². The van der Waals surface area contributed by atoms with Crippen LogP contribution in [0.2, 0.25) is 0 Å². The van der Waals surface area contributed by atoms with Crippen molar-refractivity contribution in [3.63, 3.8) is 0 Å². The van der Waals surface area contributed by atoms with Crippen molar-refractivity contribution in [1.82, 2.24) is 14.6 Å². The standard InChI is InChI=1S/C14H15N3/c1-14(2,3)13-8-12-10-6-4-5-7-11(10)16-17(12)9-15-13/h4-9H,1-3H3. The third-order valence-corrected chi connectivity index (χ3v) is 2.99. The molecule has 0 amide bonds. The van der Waals surface area contributed by atoms with Crippen molar-refractivity contribution in [1.29, 1.82) is 0 Å². The molecule has 2 aromatic heterocycles. The molecule has 0 N–H and O–H groups in total. The Morgan fingerprint density at radius 2 is 1.88 bits per heavy atom. The van der Waals surface area contributed by atoms with Crippen LogP contribution in [-0.4, -0.2) is 14.6 Å². The first-order chi connectivity index (χ1) is 8.05. The van der Waals surface area contributed by atoms with Crippen LogP contribution in [0.3, 0.4) is 0 Å². The lowest BCUT2D eigenvalue weighted by molar-refractivity contribution is 0.566. The van der Waals surface area contributed by atoms with Crippen LogP contribution in [0, 0.1) is 0 Å². The van der Waals surface area contributed by atoms with Crippen molar-refractivity contribution in [2.24, 2.45) is 0 Å². The van der Waals surface area contributed by atoms with Gasteiger partial charge in [0, 0.05) is 16.5 Å². The van der Waals surface area contributed by atoms with Gasteiger partial charge < -0.3 is 0 Å². The zero-order valence-electron chi connectivity index (χ0n) is 10.3. The van der Waals surface area contributed by atoms with E-state index >= 15 is 0 Å². The second-order valence-corrected chi connectivity index (χ2v) is 5.37. The monoisotopic (exact) mass is 225 g/mol. The zero-order valence-corrected chi connectivity index (χ0v) is 10.3. The summed E-state index contributed by atoms with van der Waals surface area (Å²) in [5.74, 6) is 0. The Kier molecular flexibility index (Phi) is 1.99. The number of fused-ring (bicyclic) bond motifs is 3. The number of hydrogen-bond donors (Lipinski definition) is 0. The van der Waals surface area contributed by atoms with Crippen LogP contribution in [0.15, 0.2) is 36.7 Å². The topological polar surface area (TPSA) is 30.2 Å². The minimum absolute atomic E-state index is 0.0626. The molecule has 0 fully saturated rings. The Bertz CT molecular complexity index is 689. The van der Waals surface area contributed by atoms with Gasteiger partial charge in [-0.2, -0.15) is 5.10 Å². The lowest BCUT2D eigenvalue weighted by Crippen LogP contribution is -2.13. The van der Waals surface area contributed by atoms with E-state index in [-0.39, 0.29) is 5.41 Å². The van der Waals surface area contributed by atoms with Crippen molar-refractivity contribution in [2.45, 2.75) is 26.2 Å². The lowest BCUT2D eigenvalue weighted by atomic mass is 9.92. The molecule has 0 bridgehead atoms. The van der Waals surface area contributed by atoms with Crippen LogP contribution in [-0.2, 0) is 5.41 Å². The van der Waals surface area contributed by atoms with Gasteiger partial charge in [-0.05, 0) is 12.1 Å². The van der Waals surface area contributed by atoms with Gasteiger partial charge in [-0.25, -0.2) is 9.50 Å². The van der Waals surface area contributed by atoms with Crippen LogP contribution in [0.1, 0.15) is 26.5 Å². The Labute approximate surface area is 100 Å². The van der Waals surface area contributed by atoms with Crippen LogP contribution in [0.5, 0.6) is 0 Å². The van der Waals surface area contributed by atoms with Gasteiger partial charge in [-0.1, -0.05) is 39.0 Å². The molecule has 0 aliphatic rings. The van der Waals surface area contributed by atoms with Gasteiger partial charge >= 0.3 is 0 Å². The second kappa shape index (κ2) is 3.29. The summed E-state index contributed by atoms with van der Waals surface area (Å²) >= 11 is 0. The third kappa shape index (κ3) is 1.58. The molecule has 3 heteroatoms. The minimum Gasteiger partial charge on any atom is -0.241 e. The minimum atomic E-state index is 0.0626. The Morgan fingerprint density at radius 3 is 2.65 bits per heavy atom. The van der Waals surface area contributed by atoms with E-state index in [1.807, 2.05) is 22.7 Å². The molecule has 3 nitrogen and oxygen atoms in total. The molecule has 1 aromatic carbocycles. The van der Waals surface area contributed by atoms with E-state index in [4.69, 9.17) is 0 Å². The SMILES string of the molecule is CC(C)(C)c1cc2c3ccccc3nn2cn1. The van der Waals surface area contributed by atoms with Crippen molar-refractivity contribution in [3.8, 4) is 0 Å². The molecule has 0 spiro atoms. The highest BCUT2D eigenvalue weighted by Gasteiger charge is 2.16. The van der Waals surface area contributed by atoms with Crippen LogP contribution in [0.25, 0.3) is 16.4 Å². The summed E-state index contributed by atoms with van der Waals surface area (Å²) in [5.41, 5.74) is 3.30. The highest BCUT2D eigenvalue weighted by Crippen LogP contribution is 2.24. The fraction of sp³-hybridized carbons (Fsp3) is 0.286. The van der Waals surface area contributed by atoms with E-state index in [9.17, 15) is 0 Å². The molecule has 0 aliphatic heterocycles. The molecule has 3 aromatic rings. The largest absolute Gasteiger partial charge is 0.241 e. The average molecular weight is 225 g/mol. The Morgan fingerprint density at radius 1 is 1.12 bits per heavy atom. The number of hydrogen-bond acceptors (Lipinski definition) is 2. The molecule has 0 aliphatic carbocycles. The molecular weight excluding hydrogens is 210 g/mol. The summed E-state index contributed by atoms with van der Waals surface area (Å²) in [5, 5.41) is 5.67. The quantitative estimate of drug-likeness (QED) is 0.588. The van der Waals surface area contributed by atoms with Gasteiger partial charge in [0.05, 0.1) is 11.0 Å². The van der Waals surface area contributed by atoms with Gasteiger partial charge in [0.2, 0.25) is 0 Å². The fourth-order valence-corrected chi connectivity index (χ4v) is 2.00. The molecule has 0 saturated carbocycles. The molecule has 0 saturated heterocycles. The highest BCUT2D eigenvalue weighted by molar-refractivity contribution is 5.94. The Hall–Kier alpha value is -1.90. The first-order valence-corrected chi connectivity index (χ1v) is 5.79. The van der Waals surface area contributed by atoms with Gasteiger partial charge in [0.15, 0.2) is 0 Å². The van der Waals surface area contributed by atoms with E-state index in [2.05, 4.69) is 43.0 Å². The number of nitrogens with zero attached hydrogens (tertiary/aromatic N) is 3. The third-order valence-electron chi connectivity index (χ3n) is 2.99. The van der Waals surface area contributed by atoms with Gasteiger partial charge in [0.25, 0.3) is 0 Å². The van der Waals surface area contributed by atoms with Crippen LogP contribution in [0.4, 0.5) is 0 Å². The van der Waals surface area contributed by atoms with Crippen molar-refractivity contribution in [3.05, 3.63) is 42.4 Å². The van der Waals surface area contributed by atoms with Crippen molar-refractivity contribution in [2.75, 3.05) is 0 Å². The van der Waals surface area contributed by atoms with Gasteiger partial charge in [0.1, 0.15) is 6.33 Å². The van der Waals surface area contributed by atoms with E-state index < -0.39 is 0 Å². The Balaban J connectivity index is 2.38. The van der Waals surface area contributed by atoms with Crippen LogP contribution < -0.4 is 0 Å². The summed E-state index contributed by atoms with van der Waals surface area (Å²) in [7, 11) is 0. The maximum absolute atomic E-state index is 4.49. The molecule has 86 valence electrons. The summed E-state index contributed by atoms with van der Waals surface area (Å²) in [4.78, 5) is 4.47. The maximum Gasteiger partial charge on any atom is 0.117 e. The van der Waals surface area contributed by atoms with Crippen molar-refractivity contribution >= 4 is 16.4 Å². The second-order valence-electron chi connectivity index (χ2n) is 5.37. The van der Waals surface area contributed by atoms with E-state index in [0.29, 0.717) is 0 Å². The fourth-order valence-electron chi connectivity index (χ4n) is 2.00. The van der Waals surface area contributed by atoms with Gasteiger partial charge in [-0.15, -0.1) is 0 Å². The molecular formula is C14H15N3. The van der Waals surface area contributed by atoms with Crippen LogP contribution >= 0.6 is 0 Å². The molecule has 0 atom stereocenters. The number of rotatable bonds is 0. The molecule has 17 heavy (non-hydrogen) atoms. The lowest BCUT2D eigenvalue weighted by Gasteiger charge is -2.17. The summed E-state index contributed by atoms with van der Waals surface area (Å²) in [6.45, 7) is 6.51. The molecule has 3 rings (SSSR count). The predicted octanol–water partition coefficient (Wildman–Crippen LogP) is 3.18. The first-order valence-electron chi connectivity index (χ1n) is 5.79.